The first-order chi connectivity index (χ1) is 4.57. The molecule has 0 unspecified atom stereocenters. The SMILES string of the molecule is CS/C(=C\N(C)C)C(C)=O. The van der Waals surface area contributed by atoms with E-state index >= 15 is 0 Å². The van der Waals surface area contributed by atoms with Crippen LogP contribution in [0, 0.1) is 0 Å². The van der Waals surface area contributed by atoms with Gasteiger partial charge in [0.15, 0.2) is 5.78 Å². The molecule has 10 heavy (non-hydrogen) atoms. The molecular weight excluding hydrogens is 146 g/mol. The predicted octanol–water partition coefficient (Wildman–Crippen LogP) is 1.34. The third kappa shape index (κ3) is 3.56. The van der Waals surface area contributed by atoms with Crippen molar-refractivity contribution in [3.63, 3.8) is 0 Å². The Morgan fingerprint density at radius 3 is 2.10 bits per heavy atom. The normalized spacial score (nSPS) is 11.4. The molecule has 0 aromatic rings. The maximum Gasteiger partial charge on any atom is 0.167 e. The lowest BCUT2D eigenvalue weighted by Crippen LogP contribution is -2.04. The molecule has 0 atom stereocenters. The lowest BCUT2D eigenvalue weighted by Gasteiger charge is -2.06. The van der Waals surface area contributed by atoms with Gasteiger partial charge in [-0.15, -0.1) is 11.8 Å². The van der Waals surface area contributed by atoms with E-state index in [-0.39, 0.29) is 5.78 Å². The number of hydrogen-bond donors (Lipinski definition) is 0. The minimum atomic E-state index is 0.126. The van der Waals surface area contributed by atoms with Gasteiger partial charge in [0.25, 0.3) is 0 Å². The highest BCUT2D eigenvalue weighted by Crippen LogP contribution is 2.11. The van der Waals surface area contributed by atoms with Gasteiger partial charge in [0, 0.05) is 20.3 Å². The van der Waals surface area contributed by atoms with Crippen molar-refractivity contribution < 1.29 is 4.79 Å². The minimum Gasteiger partial charge on any atom is -0.382 e. The molecule has 0 aromatic carbocycles. The second-order valence-corrected chi connectivity index (χ2v) is 3.07. The van der Waals surface area contributed by atoms with E-state index in [9.17, 15) is 4.79 Å². The summed E-state index contributed by atoms with van der Waals surface area (Å²) in [6.07, 6.45) is 3.73. The van der Waals surface area contributed by atoms with E-state index < -0.39 is 0 Å². The molecule has 0 rings (SSSR count). The molecule has 0 amide bonds. The average Bonchev–Trinajstić information content (AvgIpc) is 1.81. The fourth-order valence-electron chi connectivity index (χ4n) is 0.522. The Hall–Kier alpha value is -0.440. The van der Waals surface area contributed by atoms with Crippen LogP contribution in [0.5, 0.6) is 0 Å². The van der Waals surface area contributed by atoms with Gasteiger partial charge in [-0.2, -0.15) is 0 Å². The fraction of sp³-hybridized carbons (Fsp3) is 0.571. The third-order valence-electron chi connectivity index (χ3n) is 0.942. The van der Waals surface area contributed by atoms with Crippen LogP contribution < -0.4 is 0 Å². The van der Waals surface area contributed by atoms with Gasteiger partial charge in [-0.3, -0.25) is 4.79 Å². The molecule has 0 heterocycles. The second-order valence-electron chi connectivity index (χ2n) is 2.22. The molecule has 0 N–H and O–H groups in total. The molecule has 0 spiro atoms. The zero-order chi connectivity index (χ0) is 8.15. The first kappa shape index (κ1) is 9.56. The quantitative estimate of drug-likeness (QED) is 0.580. The van der Waals surface area contributed by atoms with E-state index in [0.29, 0.717) is 0 Å². The summed E-state index contributed by atoms with van der Waals surface area (Å²) in [7, 11) is 3.80. The van der Waals surface area contributed by atoms with Crippen molar-refractivity contribution in [2.45, 2.75) is 6.92 Å². The van der Waals surface area contributed by atoms with E-state index in [1.54, 1.807) is 6.92 Å². The van der Waals surface area contributed by atoms with Crippen molar-refractivity contribution in [3.05, 3.63) is 11.1 Å². The van der Waals surface area contributed by atoms with Gasteiger partial charge in [0.05, 0.1) is 4.91 Å². The summed E-state index contributed by atoms with van der Waals surface area (Å²) in [6.45, 7) is 1.58. The lowest BCUT2D eigenvalue weighted by atomic mass is 10.4. The molecule has 58 valence electrons. The molecule has 0 saturated heterocycles. The van der Waals surface area contributed by atoms with Crippen LogP contribution in [0.25, 0.3) is 0 Å². The molecule has 0 aromatic heterocycles. The smallest absolute Gasteiger partial charge is 0.167 e. The van der Waals surface area contributed by atoms with Gasteiger partial charge >= 0.3 is 0 Å². The van der Waals surface area contributed by atoms with Crippen LogP contribution in [-0.2, 0) is 4.79 Å². The van der Waals surface area contributed by atoms with Gasteiger partial charge in [-0.1, -0.05) is 0 Å². The third-order valence-corrected chi connectivity index (χ3v) is 1.78. The molecular formula is C7H13NOS. The standard InChI is InChI=1S/C7H13NOS/c1-6(9)7(10-4)5-8(2)3/h5H,1-4H3/b7-5-. The number of carbonyl (C=O) groups excluding carboxylic acids is 1. The van der Waals surface area contributed by atoms with E-state index in [0.717, 1.165) is 4.91 Å². The van der Waals surface area contributed by atoms with E-state index in [1.807, 2.05) is 31.5 Å². The highest BCUT2D eigenvalue weighted by molar-refractivity contribution is 8.03. The Bertz CT molecular complexity index is 152. The maximum atomic E-state index is 10.8. The Balaban J connectivity index is 4.19. The van der Waals surface area contributed by atoms with E-state index in [2.05, 4.69) is 0 Å². The lowest BCUT2D eigenvalue weighted by molar-refractivity contribution is -0.113. The number of Topliss-reactive ketones (excluding diaryl/α,β-unsaturated/α-hetero) is 1. The summed E-state index contributed by atoms with van der Waals surface area (Å²) >= 11 is 1.48. The van der Waals surface area contributed by atoms with Crippen molar-refractivity contribution in [2.75, 3.05) is 20.4 Å². The van der Waals surface area contributed by atoms with Crippen molar-refractivity contribution in [2.24, 2.45) is 0 Å². The topological polar surface area (TPSA) is 20.3 Å². The molecule has 0 bridgehead atoms. The summed E-state index contributed by atoms with van der Waals surface area (Å²) in [6, 6.07) is 0. The first-order valence-electron chi connectivity index (χ1n) is 3.01. The maximum absolute atomic E-state index is 10.8. The van der Waals surface area contributed by atoms with Crippen LogP contribution in [0.2, 0.25) is 0 Å². The van der Waals surface area contributed by atoms with Crippen LogP contribution in [0.4, 0.5) is 0 Å². The molecule has 0 aliphatic carbocycles. The summed E-state index contributed by atoms with van der Waals surface area (Å²) in [5.41, 5.74) is 0. The Morgan fingerprint density at radius 2 is 2.00 bits per heavy atom. The summed E-state index contributed by atoms with van der Waals surface area (Å²) in [4.78, 5) is 13.5. The molecule has 0 fully saturated rings. The fourth-order valence-corrected chi connectivity index (χ4v) is 1.13. The number of nitrogens with zero attached hydrogens (tertiary/aromatic N) is 1. The van der Waals surface area contributed by atoms with E-state index in [1.165, 1.54) is 11.8 Å². The summed E-state index contributed by atoms with van der Waals surface area (Å²) in [5, 5.41) is 0. The number of carbonyl (C=O) groups is 1. The number of rotatable bonds is 3. The molecule has 0 radical (unpaired) electrons. The predicted molar refractivity (Wildman–Crippen MR) is 46.0 cm³/mol. The van der Waals surface area contributed by atoms with Crippen molar-refractivity contribution >= 4 is 17.5 Å². The minimum absolute atomic E-state index is 0.126. The van der Waals surface area contributed by atoms with Crippen molar-refractivity contribution in [3.8, 4) is 0 Å². The molecule has 3 heteroatoms. The van der Waals surface area contributed by atoms with Crippen LogP contribution in [0.1, 0.15) is 6.92 Å². The number of ketones is 1. The molecule has 0 saturated carbocycles. The summed E-state index contributed by atoms with van der Waals surface area (Å²) in [5.74, 6) is 0.126. The van der Waals surface area contributed by atoms with Crippen LogP contribution in [0.15, 0.2) is 11.1 Å². The van der Waals surface area contributed by atoms with Gasteiger partial charge in [0.2, 0.25) is 0 Å². The zero-order valence-electron chi connectivity index (χ0n) is 6.84. The van der Waals surface area contributed by atoms with Crippen LogP contribution in [-0.4, -0.2) is 31.0 Å². The number of hydrogen-bond acceptors (Lipinski definition) is 3. The molecule has 0 aliphatic heterocycles. The van der Waals surface area contributed by atoms with Crippen LogP contribution in [0.3, 0.4) is 0 Å². The van der Waals surface area contributed by atoms with Crippen molar-refractivity contribution in [1.82, 2.24) is 4.90 Å². The first-order valence-corrected chi connectivity index (χ1v) is 4.23. The number of allylic oxidation sites excluding steroid dienone is 1. The number of thioether (sulfide) groups is 1. The highest BCUT2D eigenvalue weighted by Gasteiger charge is 2.00. The molecule has 2 nitrogen and oxygen atoms in total. The van der Waals surface area contributed by atoms with Gasteiger partial charge in [-0.05, 0) is 13.2 Å². The Labute approximate surface area is 66.3 Å². The second kappa shape index (κ2) is 4.39. The van der Waals surface area contributed by atoms with Gasteiger partial charge in [-0.25, -0.2) is 0 Å². The summed E-state index contributed by atoms with van der Waals surface area (Å²) < 4.78 is 0. The van der Waals surface area contributed by atoms with Crippen molar-refractivity contribution in [1.29, 1.82) is 0 Å². The zero-order valence-corrected chi connectivity index (χ0v) is 7.66. The monoisotopic (exact) mass is 159 g/mol. The van der Waals surface area contributed by atoms with Crippen LogP contribution >= 0.6 is 11.8 Å². The van der Waals surface area contributed by atoms with E-state index in [4.69, 9.17) is 0 Å². The molecule has 0 aliphatic rings. The Morgan fingerprint density at radius 1 is 1.50 bits per heavy atom. The Kier molecular flexibility index (Phi) is 4.19. The average molecular weight is 159 g/mol. The largest absolute Gasteiger partial charge is 0.382 e. The van der Waals surface area contributed by atoms with Gasteiger partial charge < -0.3 is 4.90 Å². The van der Waals surface area contributed by atoms with Gasteiger partial charge in [0.1, 0.15) is 0 Å². The highest BCUT2D eigenvalue weighted by atomic mass is 32.2.